The molecule has 0 spiro atoms. The van der Waals surface area contributed by atoms with Crippen LogP contribution in [0.2, 0.25) is 0 Å². The topological polar surface area (TPSA) is 107 Å². The normalized spacial score (nSPS) is 12.6. The summed E-state index contributed by atoms with van der Waals surface area (Å²) < 4.78 is 0. The number of hydrogen-bond acceptors (Lipinski definition) is 7. The lowest BCUT2D eigenvalue weighted by Gasteiger charge is -2.26. The number of thiazole rings is 1. The third-order valence-electron chi connectivity index (χ3n) is 5.65. The first-order chi connectivity index (χ1) is 16.2. The lowest BCUT2D eigenvalue weighted by atomic mass is 10.2. The van der Waals surface area contributed by atoms with Gasteiger partial charge in [0, 0.05) is 63.1 Å². The van der Waals surface area contributed by atoms with Crippen LogP contribution in [0.3, 0.4) is 0 Å². The van der Waals surface area contributed by atoms with Gasteiger partial charge in [-0.05, 0) is 42.5 Å². The van der Waals surface area contributed by atoms with Crippen LogP contribution in [-0.2, 0) is 13.0 Å². The van der Waals surface area contributed by atoms with Crippen LogP contribution in [0, 0.1) is 0 Å². The van der Waals surface area contributed by atoms with E-state index in [1.54, 1.807) is 11.0 Å². The Hall–Kier alpha value is -3.79. The Bertz CT molecular complexity index is 1200. The molecule has 0 fully saturated rings. The molecule has 0 aliphatic carbocycles. The van der Waals surface area contributed by atoms with Gasteiger partial charge < -0.3 is 31.1 Å². The first-order valence-corrected chi connectivity index (χ1v) is 11.7. The van der Waals surface area contributed by atoms with Crippen LogP contribution in [0.25, 0.3) is 0 Å². The molecule has 2 aromatic carbocycles. The maximum absolute atomic E-state index is 12.9. The number of nitrogen functional groups attached to an aromatic ring is 1. The monoisotopic (exact) mass is 479 g/mol. The zero-order valence-corrected chi connectivity index (χ0v) is 20.6. The molecule has 1 aliphatic heterocycles. The van der Waals surface area contributed by atoms with Gasteiger partial charge in [0.15, 0.2) is 5.01 Å². The number of fused-ring (bicyclic) bond motifs is 1. The summed E-state index contributed by atoms with van der Waals surface area (Å²) in [7, 11) is 7.79. The molecule has 9 nitrogen and oxygen atoms in total. The maximum Gasteiger partial charge on any atom is 0.322 e. The number of nitrogens with one attached hydrogen (secondary N) is 2. The van der Waals surface area contributed by atoms with E-state index in [9.17, 15) is 9.59 Å². The SMILES string of the molecule is CN(C)c1ccc(NC(=O)N2CCc3nc(C(=O)Nc4cc(N(C)C)ccc4N)sc3C2)cc1. The van der Waals surface area contributed by atoms with Gasteiger partial charge in [-0.15, -0.1) is 11.3 Å². The summed E-state index contributed by atoms with van der Waals surface area (Å²) in [5.74, 6) is -0.306. The molecule has 0 bridgehead atoms. The average molecular weight is 480 g/mol. The second kappa shape index (κ2) is 9.60. The number of anilines is 5. The van der Waals surface area contributed by atoms with Gasteiger partial charge >= 0.3 is 6.03 Å². The molecule has 4 N–H and O–H groups in total. The lowest BCUT2D eigenvalue weighted by Crippen LogP contribution is -2.38. The van der Waals surface area contributed by atoms with Crippen molar-refractivity contribution in [3.8, 4) is 0 Å². The van der Waals surface area contributed by atoms with Crippen molar-refractivity contribution in [2.75, 3.05) is 60.9 Å². The molecule has 0 atom stereocenters. The molecule has 1 aliphatic rings. The first-order valence-electron chi connectivity index (χ1n) is 10.9. The van der Waals surface area contributed by atoms with Gasteiger partial charge in [0.05, 0.1) is 23.6 Å². The Morgan fingerprint density at radius 1 is 1.00 bits per heavy atom. The van der Waals surface area contributed by atoms with Gasteiger partial charge in [-0.1, -0.05) is 0 Å². The molecule has 2 heterocycles. The highest BCUT2D eigenvalue weighted by atomic mass is 32.1. The van der Waals surface area contributed by atoms with Gasteiger partial charge in [-0.3, -0.25) is 4.79 Å². The molecule has 3 aromatic rings. The van der Waals surface area contributed by atoms with Crippen molar-refractivity contribution in [3.05, 3.63) is 58.0 Å². The lowest BCUT2D eigenvalue weighted by molar-refractivity contribution is 0.102. The summed E-state index contributed by atoms with van der Waals surface area (Å²) in [5, 5.41) is 6.18. The second-order valence-corrected chi connectivity index (χ2v) is 9.64. The molecule has 4 rings (SSSR count). The Balaban J connectivity index is 1.41. The molecule has 34 heavy (non-hydrogen) atoms. The molecule has 0 saturated heterocycles. The molecular formula is C24H29N7O2S. The van der Waals surface area contributed by atoms with Crippen LogP contribution in [0.1, 0.15) is 20.4 Å². The number of aromatic nitrogens is 1. The van der Waals surface area contributed by atoms with E-state index in [0.717, 1.165) is 27.6 Å². The molecule has 3 amide bonds. The van der Waals surface area contributed by atoms with Gasteiger partial charge in [-0.2, -0.15) is 0 Å². The number of benzene rings is 2. The van der Waals surface area contributed by atoms with Gasteiger partial charge in [0.25, 0.3) is 5.91 Å². The van der Waals surface area contributed by atoms with Crippen LogP contribution in [0.5, 0.6) is 0 Å². The van der Waals surface area contributed by atoms with E-state index in [-0.39, 0.29) is 11.9 Å². The Kier molecular flexibility index (Phi) is 6.60. The third kappa shape index (κ3) is 5.07. The molecule has 10 heteroatoms. The summed E-state index contributed by atoms with van der Waals surface area (Å²) >= 11 is 1.31. The van der Waals surface area contributed by atoms with Crippen molar-refractivity contribution < 1.29 is 9.59 Å². The minimum absolute atomic E-state index is 0.170. The highest BCUT2D eigenvalue weighted by Crippen LogP contribution is 2.29. The number of rotatable bonds is 5. The number of carbonyl (C=O) groups excluding carboxylic acids is 2. The maximum atomic E-state index is 12.9. The minimum atomic E-state index is -0.306. The van der Waals surface area contributed by atoms with Crippen molar-refractivity contribution in [1.29, 1.82) is 0 Å². The number of amides is 3. The zero-order chi connectivity index (χ0) is 24.4. The van der Waals surface area contributed by atoms with E-state index in [1.165, 1.54) is 11.3 Å². The summed E-state index contributed by atoms with van der Waals surface area (Å²) in [6.45, 7) is 0.956. The van der Waals surface area contributed by atoms with Gasteiger partial charge in [0.1, 0.15) is 0 Å². The molecular weight excluding hydrogens is 450 g/mol. The second-order valence-electron chi connectivity index (χ2n) is 8.55. The predicted octanol–water partition coefficient (Wildman–Crippen LogP) is 3.70. The fraction of sp³-hybridized carbons (Fsp3) is 0.292. The van der Waals surface area contributed by atoms with Gasteiger partial charge in [0.2, 0.25) is 0 Å². The molecule has 1 aromatic heterocycles. The largest absolute Gasteiger partial charge is 0.397 e. The molecule has 0 unspecified atom stereocenters. The zero-order valence-electron chi connectivity index (χ0n) is 19.8. The number of urea groups is 1. The van der Waals surface area contributed by atoms with Crippen molar-refractivity contribution in [1.82, 2.24) is 9.88 Å². The predicted molar refractivity (Wildman–Crippen MR) is 139 cm³/mol. The molecule has 0 radical (unpaired) electrons. The van der Waals surface area contributed by atoms with Crippen molar-refractivity contribution in [2.24, 2.45) is 0 Å². The van der Waals surface area contributed by atoms with Gasteiger partial charge in [-0.25, -0.2) is 9.78 Å². The van der Waals surface area contributed by atoms with E-state index in [1.807, 2.05) is 74.4 Å². The van der Waals surface area contributed by atoms with Crippen molar-refractivity contribution in [3.63, 3.8) is 0 Å². The highest BCUT2D eigenvalue weighted by molar-refractivity contribution is 7.13. The molecule has 178 valence electrons. The molecule has 0 saturated carbocycles. The quantitative estimate of drug-likeness (QED) is 0.482. The summed E-state index contributed by atoms with van der Waals surface area (Å²) in [6, 6.07) is 13.0. The fourth-order valence-electron chi connectivity index (χ4n) is 3.62. The number of hydrogen-bond donors (Lipinski definition) is 3. The van der Waals surface area contributed by atoms with Crippen molar-refractivity contribution in [2.45, 2.75) is 13.0 Å². The number of nitrogens with two attached hydrogens (primary N) is 1. The van der Waals surface area contributed by atoms with E-state index in [2.05, 4.69) is 15.6 Å². The number of nitrogens with zero attached hydrogens (tertiary/aromatic N) is 4. The Morgan fingerprint density at radius 3 is 2.35 bits per heavy atom. The summed E-state index contributed by atoms with van der Waals surface area (Å²) in [5.41, 5.74) is 10.7. The first kappa shape index (κ1) is 23.4. The summed E-state index contributed by atoms with van der Waals surface area (Å²) in [6.07, 6.45) is 0.602. The Labute approximate surface area is 203 Å². The van der Waals surface area contributed by atoms with E-state index < -0.39 is 0 Å². The van der Waals surface area contributed by atoms with E-state index >= 15 is 0 Å². The van der Waals surface area contributed by atoms with E-state index in [4.69, 9.17) is 5.73 Å². The standard InChI is InChI=1S/C24H29N7O2S/c1-29(2)16-7-5-15(6-8-16)26-24(33)31-12-11-19-21(14-31)34-23(28-19)22(32)27-20-13-17(30(3)4)9-10-18(20)25/h5-10,13H,11-12,14,25H2,1-4H3,(H,26,33)(H,27,32). The minimum Gasteiger partial charge on any atom is -0.397 e. The average Bonchev–Trinajstić information content (AvgIpc) is 3.24. The smallest absolute Gasteiger partial charge is 0.322 e. The van der Waals surface area contributed by atoms with Crippen LogP contribution in [0.4, 0.5) is 33.2 Å². The fourth-order valence-corrected chi connectivity index (χ4v) is 4.64. The van der Waals surface area contributed by atoms with Crippen LogP contribution in [0.15, 0.2) is 42.5 Å². The van der Waals surface area contributed by atoms with E-state index in [0.29, 0.717) is 35.9 Å². The van der Waals surface area contributed by atoms with Crippen LogP contribution < -0.4 is 26.2 Å². The third-order valence-corrected chi connectivity index (χ3v) is 6.73. The number of carbonyl (C=O) groups is 2. The van der Waals surface area contributed by atoms with Crippen LogP contribution in [-0.4, -0.2) is 56.6 Å². The summed E-state index contributed by atoms with van der Waals surface area (Å²) in [4.78, 5) is 36.8. The van der Waals surface area contributed by atoms with Crippen LogP contribution >= 0.6 is 11.3 Å². The Morgan fingerprint density at radius 2 is 1.68 bits per heavy atom. The highest BCUT2D eigenvalue weighted by Gasteiger charge is 2.26. The van der Waals surface area contributed by atoms with Crippen molar-refractivity contribution >= 4 is 51.7 Å².